The van der Waals surface area contributed by atoms with Gasteiger partial charge in [0.25, 0.3) is 10.0 Å². The van der Waals surface area contributed by atoms with E-state index in [9.17, 15) is 28.2 Å². The van der Waals surface area contributed by atoms with E-state index in [0.29, 0.717) is 12.0 Å². The van der Waals surface area contributed by atoms with Crippen molar-refractivity contribution in [3.63, 3.8) is 0 Å². The monoisotopic (exact) mass is 580 g/mol. The number of carbonyl (C=O) groups excluding carboxylic acids is 1. The Balaban J connectivity index is 1.48. The standard InChI is InChI=1S/C31H36N2O7S/c1-22(34)32-41(38,39)30-17-16-26(20-29(30)40-27-10-6-3-7-11-27)24-14-12-23(13-15-24)18-19-33(31(36)37)21-28(35)25-8-4-2-5-9-25/h2,4-5,8-9,12-17,20,27-28,35H,3,6-7,10-11,18-19,21H2,1H3,(H,32,34)(H,36,37)/t28-/m1/s1. The molecule has 10 heteroatoms. The number of nitrogens with one attached hydrogen (secondary N) is 1. The Kier molecular flexibility index (Phi) is 10.0. The van der Waals surface area contributed by atoms with Crippen LogP contribution in [0, 0.1) is 0 Å². The number of benzene rings is 3. The molecule has 9 nitrogen and oxygen atoms in total. The molecule has 3 aromatic rings. The minimum atomic E-state index is -4.09. The van der Waals surface area contributed by atoms with E-state index in [1.54, 1.807) is 36.4 Å². The third-order valence-electron chi connectivity index (χ3n) is 7.16. The van der Waals surface area contributed by atoms with Crippen LogP contribution in [0.3, 0.4) is 0 Å². The summed E-state index contributed by atoms with van der Waals surface area (Å²) in [5, 5.41) is 20.1. The van der Waals surface area contributed by atoms with Gasteiger partial charge >= 0.3 is 6.09 Å². The van der Waals surface area contributed by atoms with E-state index < -0.39 is 28.1 Å². The highest BCUT2D eigenvalue weighted by Gasteiger charge is 2.25. The first kappa shape index (κ1) is 30.1. The topological polar surface area (TPSA) is 133 Å². The van der Waals surface area contributed by atoms with Crippen molar-refractivity contribution >= 4 is 22.0 Å². The second-order valence-corrected chi connectivity index (χ2v) is 12.0. The lowest BCUT2D eigenvalue weighted by Gasteiger charge is -2.24. The van der Waals surface area contributed by atoms with Gasteiger partial charge in [0.2, 0.25) is 5.91 Å². The summed E-state index contributed by atoms with van der Waals surface area (Å²) in [6.45, 7) is 1.33. The van der Waals surface area contributed by atoms with Crippen LogP contribution in [0.4, 0.5) is 4.79 Å². The van der Waals surface area contributed by atoms with Crippen molar-refractivity contribution in [3.8, 4) is 16.9 Å². The maximum atomic E-state index is 12.8. The average Bonchev–Trinajstić information content (AvgIpc) is 2.95. The third-order valence-corrected chi connectivity index (χ3v) is 8.64. The van der Waals surface area contributed by atoms with Crippen molar-refractivity contribution in [3.05, 3.63) is 83.9 Å². The highest BCUT2D eigenvalue weighted by molar-refractivity contribution is 7.90. The molecular formula is C31H36N2O7S. The molecule has 41 heavy (non-hydrogen) atoms. The van der Waals surface area contributed by atoms with E-state index in [4.69, 9.17) is 4.74 Å². The molecule has 3 N–H and O–H groups in total. The summed E-state index contributed by atoms with van der Waals surface area (Å²) >= 11 is 0. The number of ether oxygens (including phenoxy) is 1. The van der Waals surface area contributed by atoms with Crippen molar-refractivity contribution in [2.75, 3.05) is 13.1 Å². The van der Waals surface area contributed by atoms with Gasteiger partial charge in [-0.1, -0.05) is 67.1 Å². The quantitative estimate of drug-likeness (QED) is 0.286. The molecule has 0 radical (unpaired) electrons. The average molecular weight is 581 g/mol. The van der Waals surface area contributed by atoms with Crippen molar-refractivity contribution in [1.82, 2.24) is 9.62 Å². The van der Waals surface area contributed by atoms with Crippen LogP contribution in [0.1, 0.15) is 56.3 Å². The van der Waals surface area contributed by atoms with Crippen LogP contribution in [-0.2, 0) is 21.2 Å². The van der Waals surface area contributed by atoms with Crippen molar-refractivity contribution < 1.29 is 33.0 Å². The molecule has 1 aliphatic rings. The van der Waals surface area contributed by atoms with Crippen LogP contribution in [0.15, 0.2) is 77.7 Å². The molecule has 0 unspecified atom stereocenters. The second kappa shape index (κ2) is 13.6. The van der Waals surface area contributed by atoms with Crippen molar-refractivity contribution in [2.45, 2.75) is 62.6 Å². The van der Waals surface area contributed by atoms with Crippen LogP contribution >= 0.6 is 0 Å². The number of nitrogens with zero attached hydrogens (tertiary/aromatic N) is 1. The number of amides is 2. The molecule has 2 amide bonds. The summed E-state index contributed by atoms with van der Waals surface area (Å²) in [5.41, 5.74) is 3.16. The van der Waals surface area contributed by atoms with E-state index in [2.05, 4.69) is 0 Å². The van der Waals surface area contributed by atoms with Gasteiger partial charge in [0.05, 0.1) is 18.8 Å². The van der Waals surface area contributed by atoms with Gasteiger partial charge in [-0.3, -0.25) is 4.79 Å². The van der Waals surface area contributed by atoms with Crippen LogP contribution in [0.25, 0.3) is 11.1 Å². The van der Waals surface area contributed by atoms with Gasteiger partial charge in [-0.05, 0) is 66.5 Å². The molecule has 4 rings (SSSR count). The number of aliphatic hydroxyl groups excluding tert-OH is 1. The summed E-state index contributed by atoms with van der Waals surface area (Å²) in [6.07, 6.45) is 3.19. The SMILES string of the molecule is CC(=O)NS(=O)(=O)c1ccc(-c2ccc(CCN(C[C@@H](O)c3ccccc3)C(=O)O)cc2)cc1OC1CCCCC1. The zero-order chi connectivity index (χ0) is 29.4. The molecule has 0 saturated heterocycles. The third kappa shape index (κ3) is 8.31. The lowest BCUT2D eigenvalue weighted by atomic mass is 9.97. The van der Waals surface area contributed by atoms with E-state index in [-0.39, 0.29) is 29.8 Å². The number of rotatable bonds is 11. The highest BCUT2D eigenvalue weighted by Crippen LogP contribution is 2.33. The zero-order valence-corrected chi connectivity index (χ0v) is 23.8. The Bertz CT molecular complexity index is 1440. The molecule has 0 aromatic heterocycles. The normalized spacial score (nSPS) is 14.7. The molecule has 0 spiro atoms. The minimum absolute atomic E-state index is 0.0328. The molecule has 1 fully saturated rings. The number of hydrogen-bond donors (Lipinski definition) is 3. The summed E-state index contributed by atoms with van der Waals surface area (Å²) < 4.78 is 33.9. The molecule has 1 aliphatic carbocycles. The lowest BCUT2D eigenvalue weighted by Crippen LogP contribution is -2.35. The molecule has 0 bridgehead atoms. The number of carbonyl (C=O) groups is 2. The molecule has 3 aromatic carbocycles. The van der Waals surface area contributed by atoms with Gasteiger partial charge in [0.15, 0.2) is 0 Å². The molecule has 0 heterocycles. The van der Waals surface area contributed by atoms with Crippen LogP contribution in [0.2, 0.25) is 0 Å². The van der Waals surface area contributed by atoms with Gasteiger partial charge in [-0.15, -0.1) is 0 Å². The minimum Gasteiger partial charge on any atom is -0.489 e. The summed E-state index contributed by atoms with van der Waals surface area (Å²) in [5.74, 6) is -0.467. The largest absolute Gasteiger partial charge is 0.489 e. The first-order chi connectivity index (χ1) is 19.6. The molecule has 1 atom stereocenters. The van der Waals surface area contributed by atoms with Gasteiger partial charge in [0, 0.05) is 13.5 Å². The fourth-order valence-corrected chi connectivity index (χ4v) is 6.10. The molecule has 1 saturated carbocycles. The van der Waals surface area contributed by atoms with Crippen LogP contribution < -0.4 is 9.46 Å². The predicted octanol–water partition coefficient (Wildman–Crippen LogP) is 5.15. The number of aliphatic hydroxyl groups is 1. The van der Waals surface area contributed by atoms with E-state index >= 15 is 0 Å². The van der Waals surface area contributed by atoms with Crippen LogP contribution in [0.5, 0.6) is 5.75 Å². The molecule has 218 valence electrons. The lowest BCUT2D eigenvalue weighted by molar-refractivity contribution is -0.117. The Morgan fingerprint density at radius 2 is 1.63 bits per heavy atom. The van der Waals surface area contributed by atoms with E-state index in [0.717, 1.165) is 55.7 Å². The number of sulfonamides is 1. The number of hydrogen-bond acceptors (Lipinski definition) is 6. The van der Waals surface area contributed by atoms with Gasteiger partial charge < -0.3 is 19.8 Å². The smallest absolute Gasteiger partial charge is 0.407 e. The summed E-state index contributed by atoms with van der Waals surface area (Å²) in [7, 11) is -4.09. The Labute approximate surface area is 240 Å². The zero-order valence-electron chi connectivity index (χ0n) is 23.0. The van der Waals surface area contributed by atoms with Gasteiger partial charge in [0.1, 0.15) is 10.6 Å². The predicted molar refractivity (Wildman–Crippen MR) is 155 cm³/mol. The van der Waals surface area contributed by atoms with Gasteiger partial charge in [-0.25, -0.2) is 17.9 Å². The highest BCUT2D eigenvalue weighted by atomic mass is 32.2. The van der Waals surface area contributed by atoms with Crippen LogP contribution in [-0.4, -0.2) is 54.7 Å². The summed E-state index contributed by atoms with van der Waals surface area (Å²) in [6, 6.07) is 21.3. The fourth-order valence-electron chi connectivity index (χ4n) is 4.99. The molecular weight excluding hydrogens is 544 g/mol. The van der Waals surface area contributed by atoms with E-state index in [1.807, 2.05) is 35.1 Å². The Morgan fingerprint density at radius 3 is 2.27 bits per heavy atom. The maximum absolute atomic E-state index is 12.8. The number of carboxylic acid groups (broad SMARTS) is 1. The second-order valence-electron chi connectivity index (χ2n) is 10.3. The fraction of sp³-hybridized carbons (Fsp3) is 0.355. The molecule has 0 aliphatic heterocycles. The van der Waals surface area contributed by atoms with Crippen molar-refractivity contribution in [1.29, 1.82) is 0 Å². The van der Waals surface area contributed by atoms with Crippen molar-refractivity contribution in [2.24, 2.45) is 0 Å². The Morgan fingerprint density at radius 1 is 0.976 bits per heavy atom. The first-order valence-electron chi connectivity index (χ1n) is 13.8. The maximum Gasteiger partial charge on any atom is 0.407 e. The first-order valence-corrected chi connectivity index (χ1v) is 15.2. The van der Waals surface area contributed by atoms with E-state index in [1.165, 1.54) is 11.0 Å². The summed E-state index contributed by atoms with van der Waals surface area (Å²) in [4.78, 5) is 24.4. The van der Waals surface area contributed by atoms with Gasteiger partial charge in [-0.2, -0.15) is 0 Å². The Hall–Kier alpha value is -3.89.